The summed E-state index contributed by atoms with van der Waals surface area (Å²) in [5, 5.41) is 3.31. The summed E-state index contributed by atoms with van der Waals surface area (Å²) in [7, 11) is 0. The topological polar surface area (TPSA) is 75.6 Å². The molecule has 0 aliphatic carbocycles. The van der Waals surface area contributed by atoms with Gasteiger partial charge in [-0.05, 0) is 37.8 Å². The quantitative estimate of drug-likeness (QED) is 0.898. The van der Waals surface area contributed by atoms with E-state index in [1.54, 1.807) is 0 Å². The van der Waals surface area contributed by atoms with Gasteiger partial charge in [-0.15, -0.1) is 0 Å². The van der Waals surface area contributed by atoms with E-state index in [2.05, 4.69) is 25.1 Å². The molecule has 0 radical (unpaired) electrons. The fourth-order valence-corrected chi connectivity index (χ4v) is 3.63. The number of fused-ring (bicyclic) bond motifs is 1. The molecule has 1 aromatic carbocycles. The van der Waals surface area contributed by atoms with Crippen LogP contribution in [-0.2, 0) is 0 Å². The van der Waals surface area contributed by atoms with Crippen molar-refractivity contribution >= 4 is 23.5 Å². The Balaban J connectivity index is 1.46. The molecule has 2 saturated heterocycles. The first-order chi connectivity index (χ1) is 12.8. The summed E-state index contributed by atoms with van der Waals surface area (Å²) >= 11 is 0. The lowest BCUT2D eigenvalue weighted by Crippen LogP contribution is -2.25. The summed E-state index contributed by atoms with van der Waals surface area (Å²) in [6.45, 7) is 4.29. The van der Waals surface area contributed by atoms with Crippen LogP contribution in [0.5, 0.6) is 11.5 Å². The van der Waals surface area contributed by atoms with Gasteiger partial charge in [-0.1, -0.05) is 0 Å². The Morgan fingerprint density at radius 1 is 0.769 bits per heavy atom. The van der Waals surface area contributed by atoms with Crippen LogP contribution in [0.1, 0.15) is 25.7 Å². The van der Waals surface area contributed by atoms with Crippen LogP contribution in [0.4, 0.5) is 23.5 Å². The zero-order chi connectivity index (χ0) is 17.3. The van der Waals surface area contributed by atoms with Crippen LogP contribution in [0.15, 0.2) is 18.2 Å². The van der Waals surface area contributed by atoms with Crippen LogP contribution in [0.25, 0.3) is 0 Å². The Morgan fingerprint density at radius 2 is 1.38 bits per heavy atom. The van der Waals surface area contributed by atoms with E-state index in [-0.39, 0.29) is 6.79 Å². The lowest BCUT2D eigenvalue weighted by atomic mass is 10.3. The van der Waals surface area contributed by atoms with Gasteiger partial charge in [0.1, 0.15) is 0 Å². The van der Waals surface area contributed by atoms with Gasteiger partial charge in [0.25, 0.3) is 0 Å². The minimum atomic E-state index is 0.267. The number of ether oxygens (including phenoxy) is 2. The summed E-state index contributed by atoms with van der Waals surface area (Å²) in [4.78, 5) is 18.6. The first kappa shape index (κ1) is 15.5. The van der Waals surface area contributed by atoms with Crippen molar-refractivity contribution in [2.24, 2.45) is 0 Å². The average Bonchev–Trinajstić information content (AvgIpc) is 3.42. The Morgan fingerprint density at radius 3 is 2.04 bits per heavy atom. The van der Waals surface area contributed by atoms with Gasteiger partial charge in [0.15, 0.2) is 11.5 Å². The first-order valence-electron chi connectivity index (χ1n) is 9.28. The molecule has 1 aromatic heterocycles. The van der Waals surface area contributed by atoms with Gasteiger partial charge in [-0.3, -0.25) is 0 Å². The van der Waals surface area contributed by atoms with Crippen LogP contribution < -0.4 is 24.6 Å². The summed E-state index contributed by atoms with van der Waals surface area (Å²) in [5.41, 5.74) is 0.875. The molecule has 0 saturated carbocycles. The van der Waals surface area contributed by atoms with Crippen molar-refractivity contribution in [3.63, 3.8) is 0 Å². The molecule has 5 rings (SSSR count). The Hall–Kier alpha value is -2.77. The van der Waals surface area contributed by atoms with Gasteiger partial charge < -0.3 is 24.6 Å². The SMILES string of the molecule is c1cc2c(cc1Nc1nc(N3CCCC3)nc(N3CCCC3)n1)OCO2. The normalized spacial score (nSPS) is 18.6. The van der Waals surface area contributed by atoms with Gasteiger partial charge in [0.2, 0.25) is 24.6 Å². The van der Waals surface area contributed by atoms with E-state index < -0.39 is 0 Å². The maximum Gasteiger partial charge on any atom is 0.233 e. The third-order valence-electron chi connectivity index (χ3n) is 5.02. The molecule has 0 bridgehead atoms. The maximum absolute atomic E-state index is 5.45. The van der Waals surface area contributed by atoms with E-state index in [0.29, 0.717) is 5.95 Å². The molecule has 0 amide bonds. The monoisotopic (exact) mass is 354 g/mol. The highest BCUT2D eigenvalue weighted by molar-refractivity contribution is 5.61. The average molecular weight is 354 g/mol. The van der Waals surface area contributed by atoms with Crippen molar-refractivity contribution in [1.82, 2.24) is 15.0 Å². The molecule has 3 aliphatic rings. The molecule has 0 atom stereocenters. The molecule has 3 aliphatic heterocycles. The molecule has 8 heteroatoms. The van der Waals surface area contributed by atoms with Gasteiger partial charge in [-0.2, -0.15) is 15.0 Å². The minimum absolute atomic E-state index is 0.267. The Bertz CT molecular complexity index is 768. The Labute approximate surface area is 152 Å². The van der Waals surface area contributed by atoms with Crippen molar-refractivity contribution in [3.8, 4) is 11.5 Å². The number of hydrogen-bond acceptors (Lipinski definition) is 8. The van der Waals surface area contributed by atoms with Gasteiger partial charge in [0.05, 0.1) is 0 Å². The summed E-state index contributed by atoms with van der Waals surface area (Å²) < 4.78 is 10.8. The number of nitrogens with one attached hydrogen (secondary N) is 1. The van der Waals surface area contributed by atoms with Crippen molar-refractivity contribution in [3.05, 3.63) is 18.2 Å². The zero-order valence-corrected chi connectivity index (χ0v) is 14.6. The summed E-state index contributed by atoms with van der Waals surface area (Å²) in [6, 6.07) is 5.76. The highest BCUT2D eigenvalue weighted by Crippen LogP contribution is 2.35. The van der Waals surface area contributed by atoms with Crippen molar-refractivity contribution in [2.75, 3.05) is 48.1 Å². The molecule has 1 N–H and O–H groups in total. The highest BCUT2D eigenvalue weighted by Gasteiger charge is 2.22. The number of anilines is 4. The lowest BCUT2D eigenvalue weighted by molar-refractivity contribution is 0.174. The van der Waals surface area contributed by atoms with E-state index in [1.807, 2.05) is 18.2 Å². The van der Waals surface area contributed by atoms with Gasteiger partial charge >= 0.3 is 0 Å². The molecule has 8 nitrogen and oxygen atoms in total. The number of nitrogens with zero attached hydrogens (tertiary/aromatic N) is 5. The molecular weight excluding hydrogens is 332 g/mol. The lowest BCUT2D eigenvalue weighted by Gasteiger charge is -2.20. The van der Waals surface area contributed by atoms with E-state index in [0.717, 1.165) is 55.3 Å². The predicted molar refractivity (Wildman–Crippen MR) is 98.6 cm³/mol. The second-order valence-corrected chi connectivity index (χ2v) is 6.84. The predicted octanol–water partition coefficient (Wildman–Crippen LogP) is 2.54. The van der Waals surface area contributed by atoms with E-state index in [9.17, 15) is 0 Å². The third-order valence-corrected chi connectivity index (χ3v) is 5.02. The van der Waals surface area contributed by atoms with E-state index in [4.69, 9.17) is 14.5 Å². The summed E-state index contributed by atoms with van der Waals surface area (Å²) in [5.74, 6) is 3.61. The van der Waals surface area contributed by atoms with Crippen LogP contribution in [0.2, 0.25) is 0 Å². The molecule has 136 valence electrons. The second-order valence-electron chi connectivity index (χ2n) is 6.84. The minimum Gasteiger partial charge on any atom is -0.454 e. The van der Waals surface area contributed by atoms with Crippen LogP contribution in [0, 0.1) is 0 Å². The standard InChI is InChI=1S/C18H22N6O2/c1-2-8-23(7-1)17-20-16(21-18(22-17)24-9-3-4-10-24)19-13-5-6-14-15(11-13)26-12-25-14/h5-6,11H,1-4,7-10,12H2,(H,19,20,21,22). The number of hydrogen-bond donors (Lipinski definition) is 1. The van der Waals surface area contributed by atoms with Gasteiger partial charge in [0, 0.05) is 37.9 Å². The summed E-state index contributed by atoms with van der Waals surface area (Å²) in [6.07, 6.45) is 4.76. The van der Waals surface area contributed by atoms with Crippen molar-refractivity contribution in [1.29, 1.82) is 0 Å². The van der Waals surface area contributed by atoms with E-state index >= 15 is 0 Å². The molecule has 2 fully saturated rings. The van der Waals surface area contributed by atoms with Crippen molar-refractivity contribution < 1.29 is 9.47 Å². The fourth-order valence-electron chi connectivity index (χ4n) is 3.63. The van der Waals surface area contributed by atoms with Gasteiger partial charge in [-0.25, -0.2) is 0 Å². The number of benzene rings is 1. The fraction of sp³-hybridized carbons (Fsp3) is 0.500. The molecule has 26 heavy (non-hydrogen) atoms. The van der Waals surface area contributed by atoms with E-state index in [1.165, 1.54) is 25.7 Å². The number of aromatic nitrogens is 3. The highest BCUT2D eigenvalue weighted by atomic mass is 16.7. The third kappa shape index (κ3) is 2.95. The first-order valence-corrected chi connectivity index (χ1v) is 9.28. The molecule has 0 unspecified atom stereocenters. The molecule has 0 spiro atoms. The van der Waals surface area contributed by atoms with Crippen LogP contribution in [0.3, 0.4) is 0 Å². The number of rotatable bonds is 4. The zero-order valence-electron chi connectivity index (χ0n) is 14.6. The van der Waals surface area contributed by atoms with Crippen LogP contribution >= 0.6 is 0 Å². The maximum atomic E-state index is 5.45. The molecule has 4 heterocycles. The molecular formula is C18H22N6O2. The Kier molecular flexibility index (Phi) is 3.88. The van der Waals surface area contributed by atoms with Crippen LogP contribution in [-0.4, -0.2) is 47.9 Å². The smallest absolute Gasteiger partial charge is 0.233 e. The van der Waals surface area contributed by atoms with Crippen molar-refractivity contribution in [2.45, 2.75) is 25.7 Å². The molecule has 2 aromatic rings. The second kappa shape index (κ2) is 6.51. The largest absolute Gasteiger partial charge is 0.454 e.